The van der Waals surface area contributed by atoms with Crippen LogP contribution in [0.3, 0.4) is 0 Å². The van der Waals surface area contributed by atoms with Crippen LogP contribution in [-0.2, 0) is 23.8 Å². The van der Waals surface area contributed by atoms with Crippen molar-refractivity contribution in [3.05, 3.63) is 55.4 Å². The highest BCUT2D eigenvalue weighted by Crippen LogP contribution is 2.41. The van der Waals surface area contributed by atoms with Gasteiger partial charge in [0.2, 0.25) is 0 Å². The Kier molecular flexibility index (Phi) is 6.41. The van der Waals surface area contributed by atoms with Gasteiger partial charge >= 0.3 is 12.1 Å². The van der Waals surface area contributed by atoms with Crippen LogP contribution >= 0.6 is 38.6 Å². The lowest BCUT2D eigenvalue weighted by molar-refractivity contribution is -0.142. The molecule has 13 heteroatoms. The van der Waals surface area contributed by atoms with Crippen molar-refractivity contribution < 1.29 is 27.5 Å². The number of amides is 1. The van der Waals surface area contributed by atoms with Crippen molar-refractivity contribution >= 4 is 61.1 Å². The topological polar surface area (TPSA) is 85.6 Å². The zero-order valence-electron chi connectivity index (χ0n) is 18.9. The molecule has 188 valence electrons. The molecule has 0 aliphatic heterocycles. The van der Waals surface area contributed by atoms with Gasteiger partial charge in [0.05, 0.1) is 27.7 Å². The van der Waals surface area contributed by atoms with Crippen molar-refractivity contribution in [2.45, 2.75) is 32.4 Å². The van der Waals surface area contributed by atoms with Crippen LogP contribution in [0.15, 0.2) is 28.1 Å². The number of nitrogens with one attached hydrogen (secondary N) is 1. The summed E-state index contributed by atoms with van der Waals surface area (Å²) in [6, 6.07) is 4.28. The van der Waals surface area contributed by atoms with Crippen molar-refractivity contribution in [1.29, 1.82) is 0 Å². The van der Waals surface area contributed by atoms with Crippen molar-refractivity contribution in [2.24, 2.45) is 5.92 Å². The Balaban J connectivity index is 1.59. The van der Waals surface area contributed by atoms with Gasteiger partial charge in [-0.3, -0.25) is 4.79 Å². The van der Waals surface area contributed by atoms with Crippen molar-refractivity contribution in [3.63, 3.8) is 0 Å². The fourth-order valence-electron chi connectivity index (χ4n) is 4.21. The molecule has 1 aliphatic carbocycles. The molecule has 0 spiro atoms. The zero-order chi connectivity index (χ0) is 25.8. The van der Waals surface area contributed by atoms with Gasteiger partial charge in [-0.15, -0.1) is 22.7 Å². The lowest BCUT2D eigenvalue weighted by Gasteiger charge is -2.18. The average molecular weight is 599 g/mol. The second-order valence-corrected chi connectivity index (χ2v) is 11.2. The lowest BCUT2D eigenvalue weighted by Crippen LogP contribution is -2.17. The Labute approximate surface area is 219 Å². The molecule has 4 heterocycles. The molecule has 1 atom stereocenters. The van der Waals surface area contributed by atoms with E-state index < -0.39 is 23.7 Å². The molecule has 4 aromatic heterocycles. The summed E-state index contributed by atoms with van der Waals surface area (Å²) in [7, 11) is 1.26. The molecule has 0 saturated heterocycles. The number of carbonyl (C=O) groups is 2. The van der Waals surface area contributed by atoms with E-state index in [1.54, 1.807) is 17.5 Å². The predicted octanol–water partition coefficient (Wildman–Crippen LogP) is 6.46. The maximum atomic E-state index is 13.9. The molecule has 1 aliphatic rings. The van der Waals surface area contributed by atoms with Crippen molar-refractivity contribution in [2.75, 3.05) is 12.4 Å². The number of carbonyl (C=O) groups excluding carboxylic acids is 2. The van der Waals surface area contributed by atoms with E-state index in [0.717, 1.165) is 29.3 Å². The number of nitrogens with zero attached hydrogens (tertiary/aromatic N) is 3. The quantitative estimate of drug-likeness (QED) is 0.272. The standard InChI is InChI=1S/C23H18BrF3N4O3S2/c1-10-5-6-11-14(8-10)36-21(16(11)22(33)34-2)29-20(32)18-17(24)19-28-12(13-4-3-7-35-13)9-15(23(25,26)27)31(19)30-18/h3-4,7,9-10H,5-6,8H2,1-2H3,(H,29,32)/t10-/m1/s1. The first-order valence-corrected chi connectivity index (χ1v) is 13.3. The van der Waals surface area contributed by atoms with E-state index in [2.05, 4.69) is 38.3 Å². The van der Waals surface area contributed by atoms with Crippen LogP contribution in [0.2, 0.25) is 0 Å². The Hall–Kier alpha value is -2.77. The number of halogens is 4. The molecule has 0 aromatic carbocycles. The number of thiophene rings is 2. The third-order valence-corrected chi connectivity index (χ3v) is 8.73. The summed E-state index contributed by atoms with van der Waals surface area (Å²) in [5.74, 6) is -0.912. The minimum atomic E-state index is -4.74. The van der Waals surface area contributed by atoms with Crippen LogP contribution in [0.5, 0.6) is 0 Å². The number of anilines is 1. The van der Waals surface area contributed by atoms with Crippen LogP contribution in [0.4, 0.5) is 18.2 Å². The summed E-state index contributed by atoms with van der Waals surface area (Å²) in [6.45, 7) is 2.11. The molecule has 0 radical (unpaired) electrons. The fraction of sp³-hybridized carbons (Fsp3) is 0.304. The molecule has 36 heavy (non-hydrogen) atoms. The second-order valence-electron chi connectivity index (χ2n) is 8.40. The summed E-state index contributed by atoms with van der Waals surface area (Å²) < 4.78 is 47.3. The van der Waals surface area contributed by atoms with Gasteiger partial charge in [0.1, 0.15) is 5.00 Å². The highest BCUT2D eigenvalue weighted by Gasteiger charge is 2.37. The number of rotatable bonds is 4. The van der Waals surface area contributed by atoms with Crippen LogP contribution < -0.4 is 5.32 Å². The number of esters is 1. The molecular weight excluding hydrogens is 581 g/mol. The van der Waals surface area contributed by atoms with Gasteiger partial charge in [-0.1, -0.05) is 13.0 Å². The maximum Gasteiger partial charge on any atom is 0.433 e. The van der Waals surface area contributed by atoms with Gasteiger partial charge in [-0.05, 0) is 64.2 Å². The number of hydrogen-bond acceptors (Lipinski definition) is 7. The lowest BCUT2D eigenvalue weighted by atomic mass is 9.88. The molecular formula is C23H18BrF3N4O3S2. The van der Waals surface area contributed by atoms with Gasteiger partial charge in [0, 0.05) is 4.88 Å². The van der Waals surface area contributed by atoms with Gasteiger partial charge in [-0.25, -0.2) is 14.3 Å². The van der Waals surface area contributed by atoms with Crippen molar-refractivity contribution in [1.82, 2.24) is 14.6 Å². The zero-order valence-corrected chi connectivity index (χ0v) is 22.1. The minimum Gasteiger partial charge on any atom is -0.465 e. The van der Waals surface area contributed by atoms with Gasteiger partial charge in [-0.2, -0.15) is 18.3 Å². The first-order valence-electron chi connectivity index (χ1n) is 10.8. The SMILES string of the molecule is COC(=O)c1c(NC(=O)c2nn3c(C(F)(F)F)cc(-c4cccs4)nc3c2Br)sc2c1CC[C@@H](C)C2. The minimum absolute atomic E-state index is 0.0125. The molecule has 7 nitrogen and oxygen atoms in total. The molecule has 0 saturated carbocycles. The monoisotopic (exact) mass is 598 g/mol. The summed E-state index contributed by atoms with van der Waals surface area (Å²) in [4.78, 5) is 31.7. The second kappa shape index (κ2) is 9.27. The number of hydrogen-bond donors (Lipinski definition) is 1. The van der Waals surface area contributed by atoms with Gasteiger partial charge in [0.15, 0.2) is 17.0 Å². The molecule has 0 bridgehead atoms. The summed E-state index contributed by atoms with van der Waals surface area (Å²) in [6.07, 6.45) is -2.40. The van der Waals surface area contributed by atoms with E-state index in [0.29, 0.717) is 21.7 Å². The van der Waals surface area contributed by atoms with E-state index in [4.69, 9.17) is 4.74 Å². The predicted molar refractivity (Wildman–Crippen MR) is 134 cm³/mol. The highest BCUT2D eigenvalue weighted by molar-refractivity contribution is 9.10. The van der Waals surface area contributed by atoms with Crippen LogP contribution in [0.25, 0.3) is 16.2 Å². The first-order chi connectivity index (χ1) is 17.1. The Morgan fingerprint density at radius 1 is 1.33 bits per heavy atom. The van der Waals surface area contributed by atoms with E-state index in [-0.39, 0.29) is 32.1 Å². The summed E-state index contributed by atoms with van der Waals surface area (Å²) in [5, 5.41) is 8.66. The molecule has 5 rings (SSSR count). The number of fused-ring (bicyclic) bond motifs is 2. The Morgan fingerprint density at radius 3 is 2.78 bits per heavy atom. The van der Waals surface area contributed by atoms with Crippen LogP contribution in [0, 0.1) is 5.92 Å². The van der Waals surface area contributed by atoms with E-state index in [1.165, 1.54) is 29.8 Å². The maximum absolute atomic E-state index is 13.9. The third-order valence-electron chi connectivity index (χ3n) is 5.94. The fourth-order valence-corrected chi connectivity index (χ4v) is 6.80. The normalized spacial score (nSPS) is 15.7. The highest BCUT2D eigenvalue weighted by atomic mass is 79.9. The number of methoxy groups -OCH3 is 1. The van der Waals surface area contributed by atoms with Gasteiger partial charge in [0.25, 0.3) is 5.91 Å². The molecule has 0 unspecified atom stereocenters. The Morgan fingerprint density at radius 2 is 2.11 bits per heavy atom. The molecule has 1 amide bonds. The number of alkyl halides is 3. The summed E-state index contributed by atoms with van der Waals surface area (Å²) in [5.41, 5.74) is -0.253. The van der Waals surface area contributed by atoms with Crippen LogP contribution in [0.1, 0.15) is 50.3 Å². The number of ether oxygens (including phenoxy) is 1. The molecule has 0 fully saturated rings. The molecule has 4 aromatic rings. The average Bonchev–Trinajstić information content (AvgIpc) is 3.55. The molecule has 1 N–H and O–H groups in total. The van der Waals surface area contributed by atoms with E-state index >= 15 is 0 Å². The van der Waals surface area contributed by atoms with Gasteiger partial charge < -0.3 is 10.1 Å². The first kappa shape index (κ1) is 24.9. The largest absolute Gasteiger partial charge is 0.465 e. The number of aromatic nitrogens is 3. The third kappa shape index (κ3) is 4.33. The van der Waals surface area contributed by atoms with E-state index in [1.807, 2.05) is 0 Å². The smallest absolute Gasteiger partial charge is 0.433 e. The van der Waals surface area contributed by atoms with E-state index in [9.17, 15) is 22.8 Å². The van der Waals surface area contributed by atoms with Crippen LogP contribution in [-0.4, -0.2) is 33.6 Å². The van der Waals surface area contributed by atoms with Crippen molar-refractivity contribution in [3.8, 4) is 10.6 Å². The summed E-state index contributed by atoms with van der Waals surface area (Å²) >= 11 is 5.76. The Bertz CT molecular complexity index is 1490.